The molecule has 0 aliphatic carbocycles. The Morgan fingerprint density at radius 2 is 1.88 bits per heavy atom. The van der Waals surface area contributed by atoms with E-state index in [0.717, 1.165) is 35.4 Å². The van der Waals surface area contributed by atoms with Crippen LogP contribution in [-0.2, 0) is 6.42 Å². The molecule has 4 heteroatoms. The molecule has 1 unspecified atom stereocenters. The van der Waals surface area contributed by atoms with Gasteiger partial charge < -0.3 is 5.32 Å². The van der Waals surface area contributed by atoms with Crippen LogP contribution in [0.1, 0.15) is 48.9 Å². The second kappa shape index (κ2) is 7.09. The topological polar surface area (TPSA) is 46.9 Å². The molecule has 25 heavy (non-hydrogen) atoms. The number of carbonyl (C=O) groups is 1. The monoisotopic (exact) mass is 335 g/mol. The van der Waals surface area contributed by atoms with Gasteiger partial charge in [0.25, 0.3) is 5.91 Å². The average molecular weight is 335 g/mol. The zero-order valence-corrected chi connectivity index (χ0v) is 15.3. The van der Waals surface area contributed by atoms with Gasteiger partial charge in [0.1, 0.15) is 5.82 Å². The van der Waals surface area contributed by atoms with E-state index in [4.69, 9.17) is 0 Å². The highest BCUT2D eigenvalue weighted by molar-refractivity contribution is 5.97. The third kappa shape index (κ3) is 3.43. The molecular weight excluding hydrogens is 310 g/mol. The molecule has 0 spiro atoms. The minimum absolute atomic E-state index is 0.0456. The molecule has 0 fully saturated rings. The molecule has 0 radical (unpaired) electrons. The number of amides is 1. The molecule has 1 amide bonds. The van der Waals surface area contributed by atoms with Crippen LogP contribution in [-0.4, -0.2) is 21.5 Å². The fraction of sp³-hybridized carbons (Fsp3) is 0.333. The normalized spacial score (nSPS) is 12.3. The van der Waals surface area contributed by atoms with Gasteiger partial charge in [0.05, 0.1) is 11.0 Å². The zero-order chi connectivity index (χ0) is 18.0. The first-order valence-corrected chi connectivity index (χ1v) is 8.92. The summed E-state index contributed by atoms with van der Waals surface area (Å²) >= 11 is 0. The number of hydrogen-bond acceptors (Lipinski definition) is 2. The molecule has 0 saturated carbocycles. The second-order valence-electron chi connectivity index (χ2n) is 6.50. The quantitative estimate of drug-likeness (QED) is 0.750. The highest BCUT2D eigenvalue weighted by atomic mass is 16.1. The summed E-state index contributed by atoms with van der Waals surface area (Å²) in [6, 6.07) is 14.4. The number of rotatable bonds is 5. The molecule has 1 N–H and O–H groups in total. The van der Waals surface area contributed by atoms with Crippen molar-refractivity contribution < 1.29 is 4.79 Å². The van der Waals surface area contributed by atoms with Crippen molar-refractivity contribution in [3.8, 4) is 5.69 Å². The van der Waals surface area contributed by atoms with Crippen molar-refractivity contribution >= 4 is 16.9 Å². The van der Waals surface area contributed by atoms with E-state index in [1.54, 1.807) is 0 Å². The van der Waals surface area contributed by atoms with Gasteiger partial charge in [-0.15, -0.1) is 0 Å². The fourth-order valence-corrected chi connectivity index (χ4v) is 2.96. The number of nitrogens with one attached hydrogen (secondary N) is 1. The van der Waals surface area contributed by atoms with Gasteiger partial charge in [-0.2, -0.15) is 0 Å². The second-order valence-corrected chi connectivity index (χ2v) is 6.50. The summed E-state index contributed by atoms with van der Waals surface area (Å²) in [5.74, 6) is 0.870. The summed E-state index contributed by atoms with van der Waals surface area (Å²) in [6.07, 6.45) is 1.94. The summed E-state index contributed by atoms with van der Waals surface area (Å²) in [5, 5.41) is 3.00. The van der Waals surface area contributed by atoms with E-state index >= 15 is 0 Å². The van der Waals surface area contributed by atoms with E-state index in [2.05, 4.69) is 53.0 Å². The smallest absolute Gasteiger partial charge is 0.251 e. The van der Waals surface area contributed by atoms with Crippen molar-refractivity contribution in [1.82, 2.24) is 14.9 Å². The predicted molar refractivity (Wildman–Crippen MR) is 102 cm³/mol. The molecule has 0 aliphatic rings. The molecule has 3 aromatic rings. The molecular formula is C21H25N3O. The lowest BCUT2D eigenvalue weighted by Crippen LogP contribution is -2.31. The first-order chi connectivity index (χ1) is 12.0. The van der Waals surface area contributed by atoms with Crippen molar-refractivity contribution in [3.05, 3.63) is 59.4 Å². The van der Waals surface area contributed by atoms with Crippen LogP contribution >= 0.6 is 0 Å². The van der Waals surface area contributed by atoms with Crippen molar-refractivity contribution in [3.63, 3.8) is 0 Å². The van der Waals surface area contributed by atoms with Crippen LogP contribution in [0.15, 0.2) is 42.5 Å². The summed E-state index contributed by atoms with van der Waals surface area (Å²) in [6.45, 7) is 8.21. The number of imidazole rings is 1. The standard InChI is InChI=1S/C21H25N3O/c1-5-14(3)22-21(25)17-9-12-20-19(13-17)23-15(4)24(20)18-10-7-16(6-2)8-11-18/h7-14H,5-6H2,1-4H3,(H,22,25). The minimum Gasteiger partial charge on any atom is -0.350 e. The number of benzene rings is 2. The van der Waals surface area contributed by atoms with E-state index in [1.165, 1.54) is 5.56 Å². The van der Waals surface area contributed by atoms with Gasteiger partial charge in [-0.1, -0.05) is 26.0 Å². The van der Waals surface area contributed by atoms with Crippen LogP contribution in [0.25, 0.3) is 16.7 Å². The molecule has 130 valence electrons. The van der Waals surface area contributed by atoms with Crippen molar-refractivity contribution in [2.75, 3.05) is 0 Å². The van der Waals surface area contributed by atoms with Crippen LogP contribution in [0, 0.1) is 6.92 Å². The maximum atomic E-state index is 12.3. The molecule has 4 nitrogen and oxygen atoms in total. The maximum Gasteiger partial charge on any atom is 0.251 e. The lowest BCUT2D eigenvalue weighted by atomic mass is 10.1. The van der Waals surface area contributed by atoms with Gasteiger partial charge in [-0.05, 0) is 62.6 Å². The van der Waals surface area contributed by atoms with Gasteiger partial charge in [-0.3, -0.25) is 9.36 Å². The molecule has 2 aromatic carbocycles. The van der Waals surface area contributed by atoms with Crippen LogP contribution in [0.2, 0.25) is 0 Å². The lowest BCUT2D eigenvalue weighted by molar-refractivity contribution is 0.0939. The highest BCUT2D eigenvalue weighted by Gasteiger charge is 2.13. The predicted octanol–water partition coefficient (Wildman–Crippen LogP) is 4.42. The Morgan fingerprint density at radius 1 is 1.16 bits per heavy atom. The molecule has 0 aliphatic heterocycles. The molecule has 0 bridgehead atoms. The van der Waals surface area contributed by atoms with Gasteiger partial charge in [0, 0.05) is 17.3 Å². The molecule has 1 heterocycles. The Kier molecular flexibility index (Phi) is 4.88. The molecule has 1 atom stereocenters. The van der Waals surface area contributed by atoms with E-state index in [9.17, 15) is 4.79 Å². The number of nitrogens with zero attached hydrogens (tertiary/aromatic N) is 2. The Balaban J connectivity index is 1.99. The first-order valence-electron chi connectivity index (χ1n) is 8.92. The summed E-state index contributed by atoms with van der Waals surface area (Å²) < 4.78 is 2.13. The summed E-state index contributed by atoms with van der Waals surface area (Å²) in [4.78, 5) is 17.0. The largest absolute Gasteiger partial charge is 0.350 e. The zero-order valence-electron chi connectivity index (χ0n) is 15.3. The third-order valence-corrected chi connectivity index (χ3v) is 4.68. The maximum absolute atomic E-state index is 12.3. The van der Waals surface area contributed by atoms with E-state index in [0.29, 0.717) is 5.56 Å². The minimum atomic E-state index is -0.0456. The van der Waals surface area contributed by atoms with E-state index < -0.39 is 0 Å². The van der Waals surface area contributed by atoms with Crippen LogP contribution in [0.4, 0.5) is 0 Å². The number of aryl methyl sites for hydroxylation is 2. The van der Waals surface area contributed by atoms with Crippen LogP contribution < -0.4 is 5.32 Å². The van der Waals surface area contributed by atoms with Gasteiger partial charge >= 0.3 is 0 Å². The average Bonchev–Trinajstić information content (AvgIpc) is 2.96. The van der Waals surface area contributed by atoms with Crippen molar-refractivity contribution in [2.45, 2.75) is 46.6 Å². The highest BCUT2D eigenvalue weighted by Crippen LogP contribution is 2.23. The Hall–Kier alpha value is -2.62. The number of fused-ring (bicyclic) bond motifs is 1. The summed E-state index contributed by atoms with van der Waals surface area (Å²) in [7, 11) is 0. The number of carbonyl (C=O) groups excluding carboxylic acids is 1. The fourth-order valence-electron chi connectivity index (χ4n) is 2.96. The Labute approximate surface area is 148 Å². The van der Waals surface area contributed by atoms with Gasteiger partial charge in [0.2, 0.25) is 0 Å². The van der Waals surface area contributed by atoms with Crippen LogP contribution in [0.5, 0.6) is 0 Å². The third-order valence-electron chi connectivity index (χ3n) is 4.68. The Bertz CT molecular complexity index is 893. The van der Waals surface area contributed by atoms with E-state index in [-0.39, 0.29) is 11.9 Å². The number of hydrogen-bond donors (Lipinski definition) is 1. The number of aromatic nitrogens is 2. The van der Waals surface area contributed by atoms with Crippen molar-refractivity contribution in [1.29, 1.82) is 0 Å². The SMILES string of the molecule is CCc1ccc(-n2c(C)nc3cc(C(=O)NC(C)CC)ccc32)cc1. The van der Waals surface area contributed by atoms with Gasteiger partial charge in [-0.25, -0.2) is 4.98 Å². The van der Waals surface area contributed by atoms with E-state index in [1.807, 2.05) is 32.0 Å². The van der Waals surface area contributed by atoms with Crippen LogP contribution in [0.3, 0.4) is 0 Å². The molecule has 1 aromatic heterocycles. The van der Waals surface area contributed by atoms with Gasteiger partial charge in [0.15, 0.2) is 0 Å². The van der Waals surface area contributed by atoms with Crippen molar-refractivity contribution in [2.24, 2.45) is 0 Å². The summed E-state index contributed by atoms with van der Waals surface area (Å²) in [5.41, 5.74) is 4.92. The lowest BCUT2D eigenvalue weighted by Gasteiger charge is -2.11. The first kappa shape index (κ1) is 17.2. The Morgan fingerprint density at radius 3 is 2.52 bits per heavy atom. The molecule has 0 saturated heterocycles. The molecule has 3 rings (SSSR count).